The van der Waals surface area contributed by atoms with Crippen molar-refractivity contribution in [1.82, 2.24) is 4.98 Å². The van der Waals surface area contributed by atoms with Crippen molar-refractivity contribution in [2.75, 3.05) is 7.11 Å². The van der Waals surface area contributed by atoms with E-state index >= 15 is 0 Å². The second-order valence-corrected chi connectivity index (χ2v) is 3.86. The summed E-state index contributed by atoms with van der Waals surface area (Å²) in [5, 5.41) is 10.5. The standard InChI is InChI=1S/C13H13NO3/c1-7-13(16)12(8(2)15)10-6-9(17-3)4-5-11(10)14-7/h4-6,16H,1-3H3. The van der Waals surface area contributed by atoms with Gasteiger partial charge in [-0.2, -0.15) is 0 Å². The number of Topliss-reactive ketones (excluding diaryl/α,β-unsaturated/α-hetero) is 1. The zero-order valence-corrected chi connectivity index (χ0v) is 9.94. The van der Waals surface area contributed by atoms with E-state index < -0.39 is 0 Å². The summed E-state index contributed by atoms with van der Waals surface area (Å²) in [5.74, 6) is 0.384. The zero-order chi connectivity index (χ0) is 12.6. The van der Waals surface area contributed by atoms with E-state index in [0.717, 1.165) is 0 Å². The Morgan fingerprint density at radius 2 is 2.12 bits per heavy atom. The molecule has 0 atom stereocenters. The molecule has 0 fully saturated rings. The summed E-state index contributed by atoms with van der Waals surface area (Å²) in [4.78, 5) is 15.8. The van der Waals surface area contributed by atoms with Gasteiger partial charge < -0.3 is 9.84 Å². The Hall–Kier alpha value is -2.10. The third kappa shape index (κ3) is 1.82. The molecule has 88 valence electrons. The molecule has 0 aliphatic carbocycles. The highest BCUT2D eigenvalue weighted by molar-refractivity contribution is 6.09. The van der Waals surface area contributed by atoms with Crippen molar-refractivity contribution in [3.8, 4) is 11.5 Å². The molecule has 0 unspecified atom stereocenters. The van der Waals surface area contributed by atoms with Crippen LogP contribution in [-0.2, 0) is 0 Å². The summed E-state index contributed by atoms with van der Waals surface area (Å²) in [6.45, 7) is 3.10. The first kappa shape index (κ1) is 11.4. The van der Waals surface area contributed by atoms with E-state index in [1.54, 1.807) is 32.2 Å². The molecule has 2 rings (SSSR count). The lowest BCUT2D eigenvalue weighted by Crippen LogP contribution is -1.99. The van der Waals surface area contributed by atoms with Gasteiger partial charge in [-0.25, -0.2) is 4.98 Å². The molecule has 0 saturated carbocycles. The molecule has 1 aromatic heterocycles. The Morgan fingerprint density at radius 3 is 2.71 bits per heavy atom. The van der Waals surface area contributed by atoms with Crippen LogP contribution in [-0.4, -0.2) is 23.0 Å². The van der Waals surface area contributed by atoms with Gasteiger partial charge in [-0.05, 0) is 32.0 Å². The Morgan fingerprint density at radius 1 is 1.41 bits per heavy atom. The molecule has 0 bridgehead atoms. The molecule has 4 nitrogen and oxygen atoms in total. The zero-order valence-electron chi connectivity index (χ0n) is 9.94. The van der Waals surface area contributed by atoms with Crippen LogP contribution in [0, 0.1) is 6.92 Å². The minimum Gasteiger partial charge on any atom is -0.505 e. The number of hydrogen-bond donors (Lipinski definition) is 1. The number of methoxy groups -OCH3 is 1. The number of benzene rings is 1. The number of pyridine rings is 1. The number of ketones is 1. The van der Waals surface area contributed by atoms with Crippen LogP contribution >= 0.6 is 0 Å². The lowest BCUT2D eigenvalue weighted by atomic mass is 10.0. The lowest BCUT2D eigenvalue weighted by molar-refractivity contribution is 0.101. The number of aromatic nitrogens is 1. The van der Waals surface area contributed by atoms with Crippen molar-refractivity contribution in [2.24, 2.45) is 0 Å². The van der Waals surface area contributed by atoms with Crippen molar-refractivity contribution in [1.29, 1.82) is 0 Å². The summed E-state index contributed by atoms with van der Waals surface area (Å²) in [6.07, 6.45) is 0. The SMILES string of the molecule is COc1ccc2nc(C)c(O)c(C(C)=O)c2c1. The molecular weight excluding hydrogens is 218 g/mol. The maximum absolute atomic E-state index is 11.6. The van der Waals surface area contributed by atoms with E-state index in [2.05, 4.69) is 4.98 Å². The van der Waals surface area contributed by atoms with E-state index in [1.165, 1.54) is 6.92 Å². The average molecular weight is 231 g/mol. The van der Waals surface area contributed by atoms with Crippen LogP contribution in [0.2, 0.25) is 0 Å². The number of aryl methyl sites for hydroxylation is 1. The van der Waals surface area contributed by atoms with E-state index in [9.17, 15) is 9.90 Å². The highest BCUT2D eigenvalue weighted by Gasteiger charge is 2.15. The van der Waals surface area contributed by atoms with Gasteiger partial charge in [0, 0.05) is 5.39 Å². The Labute approximate surface area is 98.9 Å². The first-order chi connectivity index (χ1) is 8.04. The van der Waals surface area contributed by atoms with Crippen molar-refractivity contribution in [2.45, 2.75) is 13.8 Å². The van der Waals surface area contributed by atoms with Gasteiger partial charge in [-0.15, -0.1) is 0 Å². The van der Waals surface area contributed by atoms with Crippen LogP contribution in [0.1, 0.15) is 23.0 Å². The minimum absolute atomic E-state index is 0.0572. The molecule has 0 spiro atoms. The van der Waals surface area contributed by atoms with Crippen molar-refractivity contribution in [3.05, 3.63) is 29.5 Å². The molecule has 2 aromatic rings. The molecule has 1 heterocycles. The highest BCUT2D eigenvalue weighted by Crippen LogP contribution is 2.31. The van der Waals surface area contributed by atoms with Crippen molar-refractivity contribution in [3.63, 3.8) is 0 Å². The van der Waals surface area contributed by atoms with E-state index in [-0.39, 0.29) is 11.5 Å². The van der Waals surface area contributed by atoms with Crippen LogP contribution in [0.15, 0.2) is 18.2 Å². The van der Waals surface area contributed by atoms with Gasteiger partial charge in [-0.1, -0.05) is 0 Å². The normalized spacial score (nSPS) is 10.5. The van der Waals surface area contributed by atoms with E-state index in [1.807, 2.05) is 0 Å². The van der Waals surface area contributed by atoms with Gasteiger partial charge in [0.15, 0.2) is 5.78 Å². The van der Waals surface area contributed by atoms with Gasteiger partial charge >= 0.3 is 0 Å². The maximum atomic E-state index is 11.6. The van der Waals surface area contributed by atoms with Gasteiger partial charge in [0.05, 0.1) is 23.9 Å². The minimum atomic E-state index is -0.189. The van der Waals surface area contributed by atoms with Gasteiger partial charge in [0.2, 0.25) is 0 Å². The van der Waals surface area contributed by atoms with Crippen LogP contribution in [0.3, 0.4) is 0 Å². The largest absolute Gasteiger partial charge is 0.505 e. The quantitative estimate of drug-likeness (QED) is 0.806. The number of hydrogen-bond acceptors (Lipinski definition) is 4. The summed E-state index contributed by atoms with van der Waals surface area (Å²) >= 11 is 0. The third-order valence-electron chi connectivity index (χ3n) is 2.69. The van der Waals surface area contributed by atoms with Crippen molar-refractivity contribution < 1.29 is 14.6 Å². The fourth-order valence-corrected chi connectivity index (χ4v) is 1.84. The summed E-state index contributed by atoms with van der Waals surface area (Å²) in [6, 6.07) is 5.25. The lowest BCUT2D eigenvalue weighted by Gasteiger charge is -2.09. The molecule has 0 radical (unpaired) electrons. The second-order valence-electron chi connectivity index (χ2n) is 3.86. The first-order valence-electron chi connectivity index (χ1n) is 5.23. The monoisotopic (exact) mass is 231 g/mol. The molecule has 1 aromatic carbocycles. The fourth-order valence-electron chi connectivity index (χ4n) is 1.84. The second kappa shape index (κ2) is 4.05. The summed E-state index contributed by atoms with van der Waals surface area (Å²) < 4.78 is 5.11. The van der Waals surface area contributed by atoms with Gasteiger partial charge in [-0.3, -0.25) is 4.79 Å². The Kier molecular flexibility index (Phi) is 2.71. The number of carbonyl (C=O) groups is 1. The smallest absolute Gasteiger partial charge is 0.164 e. The highest BCUT2D eigenvalue weighted by atomic mass is 16.5. The summed E-state index contributed by atoms with van der Waals surface area (Å²) in [7, 11) is 1.55. The average Bonchev–Trinajstić information content (AvgIpc) is 2.29. The van der Waals surface area contributed by atoms with Crippen LogP contribution < -0.4 is 4.74 Å². The number of carbonyl (C=O) groups excluding carboxylic acids is 1. The van der Waals surface area contributed by atoms with Gasteiger partial charge in [0.25, 0.3) is 0 Å². The Balaban J connectivity index is 2.89. The molecule has 0 saturated heterocycles. The fraction of sp³-hybridized carbons (Fsp3) is 0.231. The maximum Gasteiger partial charge on any atom is 0.164 e. The van der Waals surface area contributed by atoms with Crippen LogP contribution in [0.4, 0.5) is 0 Å². The summed E-state index contributed by atoms with van der Waals surface area (Å²) in [5.41, 5.74) is 1.42. The van der Waals surface area contributed by atoms with Crippen LogP contribution in [0.25, 0.3) is 10.9 Å². The topological polar surface area (TPSA) is 59.4 Å². The molecule has 4 heteroatoms. The molecular formula is C13H13NO3. The van der Waals surface area contributed by atoms with E-state index in [0.29, 0.717) is 27.9 Å². The predicted octanol–water partition coefficient (Wildman–Crippen LogP) is 2.46. The molecule has 0 amide bonds. The number of ether oxygens (including phenoxy) is 1. The van der Waals surface area contributed by atoms with E-state index in [4.69, 9.17) is 4.74 Å². The molecule has 1 N–H and O–H groups in total. The third-order valence-corrected chi connectivity index (χ3v) is 2.69. The molecule has 17 heavy (non-hydrogen) atoms. The molecule has 0 aliphatic heterocycles. The van der Waals surface area contributed by atoms with Gasteiger partial charge in [0.1, 0.15) is 11.5 Å². The first-order valence-corrected chi connectivity index (χ1v) is 5.23. The number of fused-ring (bicyclic) bond motifs is 1. The number of nitrogens with zero attached hydrogens (tertiary/aromatic N) is 1. The number of rotatable bonds is 2. The predicted molar refractivity (Wildman–Crippen MR) is 64.7 cm³/mol. The molecule has 0 aliphatic rings. The Bertz CT molecular complexity index is 605. The number of aromatic hydroxyl groups is 1. The van der Waals surface area contributed by atoms with Crippen molar-refractivity contribution >= 4 is 16.7 Å². The van der Waals surface area contributed by atoms with Crippen LogP contribution in [0.5, 0.6) is 11.5 Å².